The lowest BCUT2D eigenvalue weighted by molar-refractivity contribution is -0.120. The van der Waals surface area contributed by atoms with Gasteiger partial charge in [0.2, 0.25) is 11.8 Å². The molecule has 2 rings (SSSR count). The van der Waals surface area contributed by atoms with Crippen LogP contribution in [0.5, 0.6) is 0 Å². The molecule has 0 fully saturated rings. The highest BCUT2D eigenvalue weighted by Crippen LogP contribution is 2.27. The highest BCUT2D eigenvalue weighted by Gasteiger charge is 2.19. The van der Waals surface area contributed by atoms with Crippen LogP contribution in [0.2, 0.25) is 5.02 Å². The van der Waals surface area contributed by atoms with Gasteiger partial charge in [0.25, 0.3) is 0 Å². The van der Waals surface area contributed by atoms with E-state index in [2.05, 4.69) is 5.32 Å². The van der Waals surface area contributed by atoms with Gasteiger partial charge in [-0.1, -0.05) is 42.8 Å². The largest absolute Gasteiger partial charge is 0.324 e. The summed E-state index contributed by atoms with van der Waals surface area (Å²) in [5.41, 5.74) is 4.32. The van der Waals surface area contributed by atoms with Gasteiger partial charge >= 0.3 is 0 Å². The summed E-state index contributed by atoms with van der Waals surface area (Å²) in [6, 6.07) is 11.3. The summed E-state index contributed by atoms with van der Waals surface area (Å²) in [5, 5.41) is 3.52. The average molecular weight is 359 g/mol. The van der Waals surface area contributed by atoms with E-state index in [9.17, 15) is 9.59 Å². The maximum absolute atomic E-state index is 12.6. The first-order valence-corrected chi connectivity index (χ1v) is 8.64. The number of benzene rings is 2. The predicted octanol–water partition coefficient (Wildman–Crippen LogP) is 4.51. The summed E-state index contributed by atoms with van der Waals surface area (Å²) in [4.78, 5) is 26.1. The molecule has 5 heteroatoms. The molecule has 2 amide bonds. The number of rotatable bonds is 5. The number of hydrogen-bond donors (Lipinski definition) is 1. The highest BCUT2D eigenvalue weighted by molar-refractivity contribution is 6.31. The first-order valence-electron chi connectivity index (χ1n) is 8.26. The van der Waals surface area contributed by atoms with Crippen LogP contribution in [0.1, 0.15) is 30.5 Å². The summed E-state index contributed by atoms with van der Waals surface area (Å²) in [7, 11) is 0. The average Bonchev–Trinajstić information content (AvgIpc) is 2.57. The Morgan fingerprint density at radius 2 is 1.80 bits per heavy atom. The first kappa shape index (κ1) is 19.0. The number of carbonyl (C=O) groups excluding carboxylic acids is 2. The van der Waals surface area contributed by atoms with Gasteiger partial charge in [-0.2, -0.15) is 0 Å². The lowest BCUT2D eigenvalue weighted by Gasteiger charge is -2.23. The standard InChI is InChI=1S/C20H23ClN2O2/c1-5-16-9-6-8-13(2)20(16)22-19(25)12-23(15(4)24)18-11-7-10-17(21)14(18)3/h6-11H,5,12H2,1-4H3,(H,22,25). The fraction of sp³-hybridized carbons (Fsp3) is 0.300. The second kappa shape index (κ2) is 8.17. The zero-order valence-corrected chi connectivity index (χ0v) is 15.8. The molecule has 25 heavy (non-hydrogen) atoms. The number of amides is 2. The number of anilines is 2. The molecule has 4 nitrogen and oxygen atoms in total. The van der Waals surface area contributed by atoms with E-state index in [4.69, 9.17) is 11.6 Å². The molecule has 0 bridgehead atoms. The zero-order chi connectivity index (χ0) is 18.6. The Kier molecular flexibility index (Phi) is 6.21. The van der Waals surface area contributed by atoms with Crippen molar-refractivity contribution in [2.45, 2.75) is 34.1 Å². The number of aryl methyl sites for hydroxylation is 2. The monoisotopic (exact) mass is 358 g/mol. The number of nitrogens with one attached hydrogen (secondary N) is 1. The molecule has 132 valence electrons. The molecule has 0 saturated carbocycles. The van der Waals surface area contributed by atoms with Crippen LogP contribution < -0.4 is 10.2 Å². The van der Waals surface area contributed by atoms with Gasteiger partial charge in [0.05, 0.1) is 0 Å². The molecule has 0 aromatic heterocycles. The molecule has 0 spiro atoms. The Hall–Kier alpha value is -2.33. The summed E-state index contributed by atoms with van der Waals surface area (Å²) in [6.45, 7) is 7.22. The van der Waals surface area contributed by atoms with Gasteiger partial charge in [-0.25, -0.2) is 0 Å². The molecule has 0 unspecified atom stereocenters. The summed E-state index contributed by atoms with van der Waals surface area (Å²) in [5.74, 6) is -0.445. The first-order chi connectivity index (χ1) is 11.8. The van der Waals surface area contributed by atoms with Crippen LogP contribution in [0.15, 0.2) is 36.4 Å². The zero-order valence-electron chi connectivity index (χ0n) is 15.0. The SMILES string of the molecule is CCc1cccc(C)c1NC(=O)CN(C(C)=O)c1cccc(Cl)c1C. The lowest BCUT2D eigenvalue weighted by atomic mass is 10.1. The van der Waals surface area contributed by atoms with Crippen molar-refractivity contribution in [3.8, 4) is 0 Å². The van der Waals surface area contributed by atoms with Crippen LogP contribution >= 0.6 is 11.6 Å². The molecule has 1 N–H and O–H groups in total. The maximum atomic E-state index is 12.6. The van der Waals surface area contributed by atoms with Crippen molar-refractivity contribution in [2.75, 3.05) is 16.8 Å². The van der Waals surface area contributed by atoms with Crippen LogP contribution in [0.25, 0.3) is 0 Å². The van der Waals surface area contributed by atoms with E-state index in [0.717, 1.165) is 28.8 Å². The van der Waals surface area contributed by atoms with Crippen molar-refractivity contribution < 1.29 is 9.59 Å². The van der Waals surface area contributed by atoms with Gasteiger partial charge in [0.15, 0.2) is 0 Å². The van der Waals surface area contributed by atoms with E-state index in [1.165, 1.54) is 11.8 Å². The van der Waals surface area contributed by atoms with E-state index in [1.54, 1.807) is 18.2 Å². The Morgan fingerprint density at radius 1 is 1.12 bits per heavy atom. The Balaban J connectivity index is 2.25. The minimum atomic E-state index is -0.237. The Bertz CT molecular complexity index is 802. The fourth-order valence-electron chi connectivity index (χ4n) is 2.78. The summed E-state index contributed by atoms with van der Waals surface area (Å²) >= 11 is 6.15. The Labute approximate surface area is 153 Å². The van der Waals surface area contributed by atoms with Crippen molar-refractivity contribution in [2.24, 2.45) is 0 Å². The fourth-order valence-corrected chi connectivity index (χ4v) is 2.95. The number of carbonyl (C=O) groups is 2. The minimum absolute atomic E-state index is 0.0615. The van der Waals surface area contributed by atoms with Gasteiger partial charge in [-0.15, -0.1) is 0 Å². The Morgan fingerprint density at radius 3 is 2.44 bits per heavy atom. The van der Waals surface area contributed by atoms with Crippen LogP contribution in [0, 0.1) is 13.8 Å². The van der Waals surface area contributed by atoms with Gasteiger partial charge in [-0.05, 0) is 49.1 Å². The van der Waals surface area contributed by atoms with Gasteiger partial charge in [0.1, 0.15) is 6.54 Å². The number of hydrogen-bond acceptors (Lipinski definition) is 2. The molecule has 0 aliphatic heterocycles. The second-order valence-electron chi connectivity index (χ2n) is 6.00. The smallest absolute Gasteiger partial charge is 0.244 e. The minimum Gasteiger partial charge on any atom is -0.324 e. The molecule has 2 aromatic carbocycles. The molecule has 0 radical (unpaired) electrons. The van der Waals surface area contributed by atoms with Crippen molar-refractivity contribution in [1.29, 1.82) is 0 Å². The molecule has 0 aliphatic carbocycles. The number of nitrogens with zero attached hydrogens (tertiary/aromatic N) is 1. The molecular weight excluding hydrogens is 336 g/mol. The molecule has 0 saturated heterocycles. The van der Waals surface area contributed by atoms with E-state index in [1.807, 2.05) is 39.0 Å². The van der Waals surface area contributed by atoms with Gasteiger partial charge < -0.3 is 10.2 Å². The van der Waals surface area contributed by atoms with Crippen molar-refractivity contribution >= 4 is 34.8 Å². The maximum Gasteiger partial charge on any atom is 0.244 e. The predicted molar refractivity (Wildman–Crippen MR) is 103 cm³/mol. The third-order valence-corrected chi connectivity index (χ3v) is 4.63. The quantitative estimate of drug-likeness (QED) is 0.854. The normalized spacial score (nSPS) is 10.4. The van der Waals surface area contributed by atoms with Crippen molar-refractivity contribution in [1.82, 2.24) is 0 Å². The molecule has 0 atom stereocenters. The van der Waals surface area contributed by atoms with Gasteiger partial charge in [0, 0.05) is 23.3 Å². The van der Waals surface area contributed by atoms with Crippen LogP contribution in [-0.4, -0.2) is 18.4 Å². The van der Waals surface area contributed by atoms with Crippen LogP contribution in [0.4, 0.5) is 11.4 Å². The van der Waals surface area contributed by atoms with E-state index < -0.39 is 0 Å². The third-order valence-electron chi connectivity index (χ3n) is 4.22. The second-order valence-corrected chi connectivity index (χ2v) is 6.41. The topological polar surface area (TPSA) is 49.4 Å². The van der Waals surface area contributed by atoms with E-state index in [-0.39, 0.29) is 18.4 Å². The molecule has 0 aliphatic rings. The number of para-hydroxylation sites is 1. The molecular formula is C20H23ClN2O2. The van der Waals surface area contributed by atoms with Crippen molar-refractivity contribution in [3.63, 3.8) is 0 Å². The third kappa shape index (κ3) is 4.40. The van der Waals surface area contributed by atoms with Crippen molar-refractivity contribution in [3.05, 3.63) is 58.1 Å². The van der Waals surface area contributed by atoms with E-state index >= 15 is 0 Å². The summed E-state index contributed by atoms with van der Waals surface area (Å²) in [6.07, 6.45) is 0.821. The van der Waals surface area contributed by atoms with Crippen LogP contribution in [0.3, 0.4) is 0 Å². The highest BCUT2D eigenvalue weighted by atomic mass is 35.5. The van der Waals surface area contributed by atoms with Crippen LogP contribution in [-0.2, 0) is 16.0 Å². The van der Waals surface area contributed by atoms with E-state index in [0.29, 0.717) is 10.7 Å². The van der Waals surface area contributed by atoms with Gasteiger partial charge in [-0.3, -0.25) is 9.59 Å². The lowest BCUT2D eigenvalue weighted by Crippen LogP contribution is -2.37. The molecule has 0 heterocycles. The molecule has 2 aromatic rings. The number of halogens is 1. The summed E-state index contributed by atoms with van der Waals surface area (Å²) < 4.78 is 0.